The van der Waals surface area contributed by atoms with E-state index in [-0.39, 0.29) is 31.2 Å². The molecule has 2 aliphatic rings. The van der Waals surface area contributed by atoms with Crippen molar-refractivity contribution in [2.75, 3.05) is 33.1 Å². The molecule has 2 heterocycles. The van der Waals surface area contributed by atoms with Crippen molar-refractivity contribution in [2.45, 2.75) is 31.9 Å². The molecule has 0 radical (unpaired) electrons. The number of hydrogen-bond acceptors (Lipinski definition) is 10. The van der Waals surface area contributed by atoms with E-state index in [1.165, 1.54) is 40.9 Å². The van der Waals surface area contributed by atoms with E-state index in [9.17, 15) is 24.3 Å². The van der Waals surface area contributed by atoms with Gasteiger partial charge in [0.2, 0.25) is 5.91 Å². The Morgan fingerprint density at radius 2 is 1.92 bits per heavy atom. The highest BCUT2D eigenvalue weighted by atomic mass is 32.2. The lowest BCUT2D eigenvalue weighted by Gasteiger charge is -2.50. The Balaban J connectivity index is 1.81. The van der Waals surface area contributed by atoms with Crippen LogP contribution in [0.3, 0.4) is 0 Å². The van der Waals surface area contributed by atoms with Gasteiger partial charge in [0.1, 0.15) is 23.7 Å². The fourth-order valence-corrected chi connectivity index (χ4v) is 6.45. The van der Waals surface area contributed by atoms with Crippen LogP contribution in [0.2, 0.25) is 0 Å². The maximum atomic E-state index is 13.2. The summed E-state index contributed by atoms with van der Waals surface area (Å²) in [4.78, 5) is 39.8. The molecular weight excluding hydrogens is 511 g/mol. The van der Waals surface area contributed by atoms with Crippen LogP contribution in [-0.2, 0) is 34.5 Å². The number of carbonyl (C=O) groups excluding carboxylic acids is 2. The van der Waals surface area contributed by atoms with Gasteiger partial charge < -0.3 is 9.64 Å². The Morgan fingerprint density at radius 3 is 2.47 bits per heavy atom. The molecule has 1 N–H and O–H groups in total. The van der Waals surface area contributed by atoms with Crippen LogP contribution in [0.4, 0.5) is 5.69 Å². The van der Waals surface area contributed by atoms with Gasteiger partial charge in [-0.2, -0.15) is 0 Å². The van der Waals surface area contributed by atoms with Crippen molar-refractivity contribution in [1.29, 1.82) is 0 Å². The molecule has 1 aromatic rings. The third kappa shape index (κ3) is 6.34. The number of allylic oxidation sites excluding steroid dienone is 1. The molecule has 1 fully saturated rings. The van der Waals surface area contributed by atoms with Crippen LogP contribution in [0, 0.1) is 10.1 Å². The Labute approximate surface area is 213 Å². The second-order valence-corrected chi connectivity index (χ2v) is 10.9. The maximum Gasteiger partial charge on any atom is 0.406 e. The molecule has 0 bridgehead atoms. The average molecular weight is 541 g/mol. The first-order valence-corrected chi connectivity index (χ1v) is 13.8. The van der Waals surface area contributed by atoms with E-state index in [1.54, 1.807) is 31.0 Å². The van der Waals surface area contributed by atoms with Crippen LogP contribution < -0.4 is 5.09 Å². The zero-order valence-corrected chi connectivity index (χ0v) is 22.1. The highest BCUT2D eigenvalue weighted by Crippen LogP contribution is 2.49. The van der Waals surface area contributed by atoms with Crippen LogP contribution >= 0.6 is 19.5 Å². The molecule has 2 aliphatic heterocycles. The van der Waals surface area contributed by atoms with Gasteiger partial charge in [-0.05, 0) is 49.4 Å². The molecule has 0 spiro atoms. The Hall–Kier alpha value is -2.70. The molecule has 12 nitrogen and oxygen atoms in total. The fraction of sp³-hybridized carbons (Fsp3) is 0.455. The van der Waals surface area contributed by atoms with Crippen LogP contribution in [-0.4, -0.2) is 71.1 Å². The van der Waals surface area contributed by atoms with E-state index in [0.29, 0.717) is 16.9 Å². The predicted octanol–water partition coefficient (Wildman–Crippen LogP) is 3.02. The maximum absolute atomic E-state index is 13.2. The number of carbonyl (C=O) groups is 2. The minimum Gasteiger partial charge on any atom is -0.456 e. The van der Waals surface area contributed by atoms with Gasteiger partial charge >= 0.3 is 13.7 Å². The lowest BCUT2D eigenvalue weighted by molar-refractivity contribution is -0.384. The first kappa shape index (κ1) is 27.9. The number of amides is 1. The van der Waals surface area contributed by atoms with Crippen molar-refractivity contribution >= 4 is 37.1 Å². The summed E-state index contributed by atoms with van der Waals surface area (Å²) < 4.78 is 28.9. The number of nitro benzene ring substituents is 1. The predicted molar refractivity (Wildman–Crippen MR) is 134 cm³/mol. The highest BCUT2D eigenvalue weighted by Gasteiger charge is 2.55. The first-order valence-electron chi connectivity index (χ1n) is 11.2. The molecule has 1 saturated heterocycles. The third-order valence-corrected chi connectivity index (χ3v) is 8.27. The lowest BCUT2D eigenvalue weighted by atomic mass is 10.0. The van der Waals surface area contributed by atoms with E-state index in [4.69, 9.17) is 13.8 Å². The van der Waals surface area contributed by atoms with E-state index >= 15 is 0 Å². The fourth-order valence-electron chi connectivity index (χ4n) is 3.54. The Bertz CT molecular complexity index is 1100. The van der Waals surface area contributed by atoms with E-state index in [0.717, 1.165) is 0 Å². The van der Waals surface area contributed by atoms with Gasteiger partial charge in [-0.3, -0.25) is 28.9 Å². The van der Waals surface area contributed by atoms with Crippen molar-refractivity contribution < 1.29 is 32.9 Å². The molecule has 3 rings (SSSR count). The zero-order chi connectivity index (χ0) is 26.5. The van der Waals surface area contributed by atoms with Gasteiger partial charge in [-0.15, -0.1) is 11.8 Å². The number of non-ortho nitro benzene ring substituents is 1. The minimum absolute atomic E-state index is 0.0721. The molecule has 2 atom stereocenters. The molecule has 2 unspecified atom stereocenters. The number of esters is 1. The van der Waals surface area contributed by atoms with E-state index in [2.05, 4.69) is 5.09 Å². The number of rotatable bonds is 12. The molecule has 14 heteroatoms. The van der Waals surface area contributed by atoms with Crippen LogP contribution in [0.1, 0.15) is 19.4 Å². The molecule has 36 heavy (non-hydrogen) atoms. The molecule has 0 aromatic heterocycles. The molecule has 0 saturated carbocycles. The summed E-state index contributed by atoms with van der Waals surface area (Å²) in [5.41, 5.74) is 1.19. The van der Waals surface area contributed by atoms with Gasteiger partial charge in [0.05, 0.1) is 18.1 Å². The van der Waals surface area contributed by atoms with Gasteiger partial charge in [0, 0.05) is 32.0 Å². The largest absolute Gasteiger partial charge is 0.456 e. The SMILES string of the molecule is CCOP(=O)(NC1C(=O)N2C(C(=O)OCc3ccc([N+](=O)[O-])cc3)=C(/C=C/N(C)C)CSC12)OCC. The molecule has 1 amide bonds. The Kier molecular flexibility index (Phi) is 9.31. The summed E-state index contributed by atoms with van der Waals surface area (Å²) in [7, 11) is -0.0427. The van der Waals surface area contributed by atoms with Crippen molar-refractivity contribution in [3.8, 4) is 0 Å². The highest BCUT2D eigenvalue weighted by molar-refractivity contribution is 8.00. The molecule has 0 aliphatic carbocycles. The summed E-state index contributed by atoms with van der Waals surface area (Å²) in [5, 5.41) is 13.1. The van der Waals surface area contributed by atoms with Gasteiger partial charge in [-0.25, -0.2) is 14.4 Å². The van der Waals surface area contributed by atoms with Crippen molar-refractivity contribution in [3.05, 3.63) is 63.5 Å². The summed E-state index contributed by atoms with van der Waals surface area (Å²) in [6.07, 6.45) is 3.50. The van der Waals surface area contributed by atoms with Gasteiger partial charge in [-0.1, -0.05) is 0 Å². The lowest BCUT2D eigenvalue weighted by Crippen LogP contribution is -2.69. The number of thioether (sulfide) groups is 1. The normalized spacial score (nSPS) is 19.8. The standard InChI is InChI=1S/C22H29N4O8PS/c1-5-33-35(31,34-6-2)23-18-20(27)25-19(16(11-12-24(3)4)14-36-21(18)25)22(28)32-13-15-7-9-17(10-8-15)26(29)30/h7-12,18,21H,5-6,13-14H2,1-4H3,(H,23,31)/b12-11+. The number of β-lactam (4-membered cyclic amide) rings is 1. The van der Waals surface area contributed by atoms with Gasteiger partial charge in [0.25, 0.3) is 5.69 Å². The zero-order valence-electron chi connectivity index (χ0n) is 20.4. The van der Waals surface area contributed by atoms with Crippen LogP contribution in [0.15, 0.2) is 47.8 Å². The number of hydrogen-bond donors (Lipinski definition) is 1. The van der Waals surface area contributed by atoms with Gasteiger partial charge in [0.15, 0.2) is 0 Å². The smallest absolute Gasteiger partial charge is 0.406 e. The van der Waals surface area contributed by atoms with Crippen molar-refractivity contribution in [2.24, 2.45) is 0 Å². The monoisotopic (exact) mass is 540 g/mol. The molecule has 196 valence electrons. The minimum atomic E-state index is -3.70. The number of nitrogens with zero attached hydrogens (tertiary/aromatic N) is 3. The van der Waals surface area contributed by atoms with E-state index < -0.39 is 36.0 Å². The van der Waals surface area contributed by atoms with Crippen molar-refractivity contribution in [1.82, 2.24) is 14.9 Å². The summed E-state index contributed by atoms with van der Waals surface area (Å²) in [5.74, 6) is -0.751. The molecular formula is C22H29N4O8PS. The quantitative estimate of drug-likeness (QED) is 0.137. The average Bonchev–Trinajstić information content (AvgIpc) is 2.84. The third-order valence-electron chi connectivity index (χ3n) is 5.18. The number of fused-ring (bicyclic) bond motifs is 1. The Morgan fingerprint density at radius 1 is 1.28 bits per heavy atom. The van der Waals surface area contributed by atoms with Crippen LogP contribution in [0.5, 0.6) is 0 Å². The second kappa shape index (κ2) is 12.0. The summed E-state index contributed by atoms with van der Waals surface area (Å²) in [6, 6.07) is 4.78. The van der Waals surface area contributed by atoms with Crippen LogP contribution in [0.25, 0.3) is 0 Å². The van der Waals surface area contributed by atoms with Crippen molar-refractivity contribution in [3.63, 3.8) is 0 Å². The summed E-state index contributed by atoms with van der Waals surface area (Å²) in [6.45, 7) is 3.47. The molecule has 1 aromatic carbocycles. The number of ether oxygens (including phenoxy) is 1. The summed E-state index contributed by atoms with van der Waals surface area (Å²) >= 11 is 1.41. The van der Waals surface area contributed by atoms with E-state index in [1.807, 2.05) is 14.1 Å². The number of benzene rings is 1. The number of nitrogens with one attached hydrogen (secondary N) is 1. The second-order valence-electron chi connectivity index (χ2n) is 8.00. The number of nitro groups is 1. The first-order chi connectivity index (χ1) is 17.1. The topological polar surface area (TPSA) is 141 Å².